The van der Waals surface area contributed by atoms with Crippen molar-refractivity contribution in [1.29, 1.82) is 0 Å². The van der Waals surface area contributed by atoms with Crippen LogP contribution in [0.5, 0.6) is 5.75 Å². The molecule has 1 atom stereocenters. The summed E-state index contributed by atoms with van der Waals surface area (Å²) in [6.45, 7) is 5.16. The first kappa shape index (κ1) is 33.1. The zero-order chi connectivity index (χ0) is 31.1. The first-order valence-electron chi connectivity index (χ1n) is 12.6. The van der Waals surface area contributed by atoms with Gasteiger partial charge in [-0.3, -0.25) is 10.1 Å². The molecule has 3 aromatic rings. The molecule has 0 fully saturated rings. The number of hydrogen-bond donors (Lipinski definition) is 0. The predicted molar refractivity (Wildman–Crippen MR) is 157 cm³/mol. The van der Waals surface area contributed by atoms with Crippen molar-refractivity contribution >= 4 is 44.9 Å². The molecule has 0 N–H and O–H groups in total. The fraction of sp³-hybridized carbons (Fsp3) is 0.370. The Bertz CT molecular complexity index is 1590. The molecule has 15 heteroatoms. The van der Waals surface area contributed by atoms with E-state index in [2.05, 4.69) is 14.3 Å². The van der Waals surface area contributed by atoms with Crippen LogP contribution in [0.2, 0.25) is 5.28 Å². The van der Waals surface area contributed by atoms with E-state index in [-0.39, 0.29) is 34.8 Å². The first-order valence-corrected chi connectivity index (χ1v) is 16.0. The van der Waals surface area contributed by atoms with Crippen molar-refractivity contribution in [3.8, 4) is 17.0 Å². The number of nitro groups is 1. The van der Waals surface area contributed by atoms with Gasteiger partial charge in [0, 0.05) is 22.8 Å². The molecule has 1 unspecified atom stereocenters. The molecule has 2 aromatic carbocycles. The van der Waals surface area contributed by atoms with Crippen molar-refractivity contribution in [1.82, 2.24) is 9.97 Å². The Kier molecular flexibility index (Phi) is 11.2. The second kappa shape index (κ2) is 14.2. The van der Waals surface area contributed by atoms with Gasteiger partial charge in [0.25, 0.3) is 5.69 Å². The van der Waals surface area contributed by atoms with Crippen LogP contribution in [-0.2, 0) is 20.2 Å². The van der Waals surface area contributed by atoms with E-state index in [1.807, 2.05) is 0 Å². The maximum Gasteiger partial charge on any atom is 0.442 e. The number of halogens is 3. The Morgan fingerprint density at radius 1 is 1.19 bits per heavy atom. The Morgan fingerprint density at radius 2 is 1.93 bits per heavy atom. The molecule has 0 aliphatic rings. The molecule has 0 aliphatic carbocycles. The maximum atomic E-state index is 14.3. The highest BCUT2D eigenvalue weighted by molar-refractivity contribution is 7.99. The van der Waals surface area contributed by atoms with Crippen molar-refractivity contribution in [2.75, 3.05) is 18.6 Å². The van der Waals surface area contributed by atoms with Gasteiger partial charge in [-0.05, 0) is 80.8 Å². The highest BCUT2D eigenvalue weighted by atomic mass is 35.5. The third-order valence-corrected chi connectivity index (χ3v) is 7.96. The molecule has 10 nitrogen and oxygen atoms in total. The Balaban J connectivity index is 1.62. The summed E-state index contributed by atoms with van der Waals surface area (Å²) in [6, 6.07) is 7.94. The lowest BCUT2D eigenvalue weighted by Crippen LogP contribution is -2.22. The second-order valence-electron chi connectivity index (χ2n) is 10.1. The summed E-state index contributed by atoms with van der Waals surface area (Å²) in [5.41, 5.74) is -0.415. The van der Waals surface area contributed by atoms with E-state index >= 15 is 0 Å². The summed E-state index contributed by atoms with van der Waals surface area (Å²) < 4.78 is 55.6. The first-order chi connectivity index (χ1) is 19.6. The fourth-order valence-electron chi connectivity index (χ4n) is 3.62. The number of thioether (sulfide) groups is 1. The van der Waals surface area contributed by atoms with Crippen LogP contribution in [0.4, 0.5) is 19.3 Å². The lowest BCUT2D eigenvalue weighted by Gasteiger charge is -2.17. The second-order valence-corrected chi connectivity index (χ2v) is 14.0. The molecule has 0 radical (unpaired) electrons. The van der Waals surface area contributed by atoms with Crippen molar-refractivity contribution in [2.45, 2.75) is 49.9 Å². The number of unbranched alkanes of at least 4 members (excludes halogenated alkanes) is 1. The molecule has 1 amide bonds. The lowest BCUT2D eigenvalue weighted by atomic mass is 10.1. The summed E-state index contributed by atoms with van der Waals surface area (Å²) in [6.07, 6.45) is 2.40. The standard InChI is InChI=1S/C27H29ClF2N4O6S2/c1-27(2,3)40-26(35)33-42(4,38)16-17-11-19(34(36)37)14-20(12-17)39-9-5-6-10-41-23-13-18(29)7-8-21(23)24-22(30)15-31-25(28)32-24/h7-8,11-15H,5-6,9-10,16H2,1-4H3. The molecule has 0 saturated heterocycles. The normalized spacial score (nSPS) is 12.8. The van der Waals surface area contributed by atoms with Gasteiger partial charge in [-0.25, -0.2) is 27.8 Å². The van der Waals surface area contributed by atoms with Gasteiger partial charge in [-0.15, -0.1) is 16.1 Å². The number of rotatable bonds is 11. The minimum absolute atomic E-state index is 0.0304. The van der Waals surface area contributed by atoms with Crippen LogP contribution in [0.3, 0.4) is 0 Å². The highest BCUT2D eigenvalue weighted by Crippen LogP contribution is 2.33. The van der Waals surface area contributed by atoms with Crippen molar-refractivity contribution in [2.24, 2.45) is 4.36 Å². The number of hydrogen-bond acceptors (Lipinski definition) is 9. The summed E-state index contributed by atoms with van der Waals surface area (Å²) in [4.78, 5) is 30.9. The molecule has 3 rings (SSSR count). The number of non-ortho nitro benzene ring substituents is 1. The third-order valence-electron chi connectivity index (χ3n) is 5.24. The van der Waals surface area contributed by atoms with E-state index in [4.69, 9.17) is 21.1 Å². The summed E-state index contributed by atoms with van der Waals surface area (Å²) in [7, 11) is -3.10. The van der Waals surface area contributed by atoms with Crippen LogP contribution in [-0.4, -0.2) is 49.4 Å². The van der Waals surface area contributed by atoms with Crippen LogP contribution in [0.15, 0.2) is 51.9 Å². The van der Waals surface area contributed by atoms with Gasteiger partial charge in [0.15, 0.2) is 5.82 Å². The number of nitrogens with zero attached hydrogens (tertiary/aromatic N) is 4. The SMILES string of the molecule is CC(C)(C)OC(=O)N=S(C)(=O)Cc1cc(OCCCCSc2cc(F)ccc2-c2nc(Cl)ncc2F)cc([N+](=O)[O-])c1. The number of carbonyl (C=O) groups excluding carboxylic acids is 1. The molecular formula is C27H29ClF2N4O6S2. The van der Waals surface area contributed by atoms with E-state index in [9.17, 15) is 27.9 Å². The van der Waals surface area contributed by atoms with Gasteiger partial charge >= 0.3 is 6.09 Å². The van der Waals surface area contributed by atoms with E-state index in [0.29, 0.717) is 34.6 Å². The number of carbonyl (C=O) groups is 1. The van der Waals surface area contributed by atoms with Crippen molar-refractivity contribution in [3.63, 3.8) is 0 Å². The quantitative estimate of drug-likeness (QED) is 0.0686. The molecular weight excluding hydrogens is 614 g/mol. The molecule has 1 heterocycles. The van der Waals surface area contributed by atoms with E-state index in [1.165, 1.54) is 54.4 Å². The molecule has 0 spiro atoms. The van der Waals surface area contributed by atoms with Crippen LogP contribution < -0.4 is 4.74 Å². The van der Waals surface area contributed by atoms with E-state index in [0.717, 1.165) is 6.20 Å². The largest absolute Gasteiger partial charge is 0.493 e. The molecule has 0 saturated carbocycles. The van der Waals surface area contributed by atoms with Crippen LogP contribution >= 0.6 is 23.4 Å². The summed E-state index contributed by atoms with van der Waals surface area (Å²) in [5, 5.41) is 11.3. The number of benzene rings is 2. The minimum Gasteiger partial charge on any atom is -0.493 e. The minimum atomic E-state index is -3.10. The van der Waals surface area contributed by atoms with Crippen molar-refractivity contribution in [3.05, 3.63) is 75.2 Å². The number of nitro benzene ring substituents is 1. The zero-order valence-electron chi connectivity index (χ0n) is 23.3. The van der Waals surface area contributed by atoms with Gasteiger partial charge in [0.2, 0.25) is 5.28 Å². The van der Waals surface area contributed by atoms with E-state index < -0.39 is 38.0 Å². The third kappa shape index (κ3) is 10.5. The Labute approximate surface area is 251 Å². The Hall–Kier alpha value is -3.36. The highest BCUT2D eigenvalue weighted by Gasteiger charge is 2.19. The van der Waals surface area contributed by atoms with Crippen LogP contribution in [0.25, 0.3) is 11.3 Å². The number of ether oxygens (including phenoxy) is 2. The predicted octanol–water partition coefficient (Wildman–Crippen LogP) is 7.47. The topological polar surface area (TPSA) is 134 Å². The van der Waals surface area contributed by atoms with Crippen LogP contribution in [0.1, 0.15) is 39.2 Å². The average Bonchev–Trinajstić information content (AvgIpc) is 2.85. The van der Waals surface area contributed by atoms with Crippen molar-refractivity contribution < 1.29 is 32.2 Å². The van der Waals surface area contributed by atoms with Gasteiger partial charge in [-0.1, -0.05) is 0 Å². The molecule has 0 bridgehead atoms. The molecule has 0 aliphatic heterocycles. The smallest absolute Gasteiger partial charge is 0.442 e. The summed E-state index contributed by atoms with van der Waals surface area (Å²) >= 11 is 7.12. The number of aromatic nitrogens is 2. The molecule has 226 valence electrons. The lowest BCUT2D eigenvalue weighted by molar-refractivity contribution is -0.385. The van der Waals surface area contributed by atoms with Gasteiger partial charge < -0.3 is 9.47 Å². The average molecular weight is 643 g/mol. The van der Waals surface area contributed by atoms with Gasteiger partial charge in [0.1, 0.15) is 22.9 Å². The number of amides is 1. The Morgan fingerprint density at radius 3 is 2.62 bits per heavy atom. The zero-order valence-corrected chi connectivity index (χ0v) is 25.7. The molecule has 1 aromatic heterocycles. The van der Waals surface area contributed by atoms with Gasteiger partial charge in [-0.2, -0.15) is 0 Å². The summed E-state index contributed by atoms with van der Waals surface area (Å²) in [5.74, 6) is -0.668. The fourth-order valence-corrected chi connectivity index (χ4v) is 6.04. The van der Waals surface area contributed by atoms with E-state index in [1.54, 1.807) is 20.8 Å². The maximum absolute atomic E-state index is 14.3. The van der Waals surface area contributed by atoms with Crippen LogP contribution in [0, 0.1) is 21.7 Å². The molecule has 42 heavy (non-hydrogen) atoms. The van der Waals surface area contributed by atoms with Gasteiger partial charge in [0.05, 0.1) is 39.3 Å². The monoisotopic (exact) mass is 642 g/mol.